The van der Waals surface area contributed by atoms with Crippen LogP contribution in [0, 0.1) is 29.6 Å². The van der Waals surface area contributed by atoms with Crippen LogP contribution in [-0.4, -0.2) is 40.4 Å². The second-order valence-corrected chi connectivity index (χ2v) is 7.00. The molecule has 32 heavy (non-hydrogen) atoms. The number of benzene rings is 2. The lowest BCUT2D eigenvalue weighted by atomic mass is 9.95. The van der Waals surface area contributed by atoms with Gasteiger partial charge in [0.1, 0.15) is 29.0 Å². The summed E-state index contributed by atoms with van der Waals surface area (Å²) in [6.45, 7) is 2.25. The fraction of sp³-hybridized carbons (Fsp3) is 0.0909. The van der Waals surface area contributed by atoms with E-state index in [0.717, 1.165) is 22.3 Å². The van der Waals surface area contributed by atoms with E-state index in [1.165, 1.54) is 0 Å². The lowest BCUT2D eigenvalue weighted by Gasteiger charge is -2.14. The van der Waals surface area contributed by atoms with Crippen molar-refractivity contribution < 1.29 is 0 Å². The van der Waals surface area contributed by atoms with Crippen LogP contribution in [0.15, 0.2) is 48.5 Å². The molecule has 3 heterocycles. The van der Waals surface area contributed by atoms with Gasteiger partial charge in [0.2, 0.25) is 5.82 Å². The molecule has 0 fully saturated rings. The smallest absolute Gasteiger partial charge is 0.205 e. The van der Waals surface area contributed by atoms with Gasteiger partial charge in [0, 0.05) is 5.56 Å². The van der Waals surface area contributed by atoms with Gasteiger partial charge >= 0.3 is 0 Å². The minimum absolute atomic E-state index is 0.0941. The first-order chi connectivity index (χ1) is 15.7. The number of aromatic nitrogens is 8. The lowest BCUT2D eigenvalue weighted by molar-refractivity contribution is 0.783. The zero-order chi connectivity index (χ0) is 22.1. The Morgan fingerprint density at radius 1 is 0.875 bits per heavy atom. The van der Waals surface area contributed by atoms with Crippen molar-refractivity contribution in [2.45, 2.75) is 13.5 Å². The summed E-state index contributed by atoms with van der Waals surface area (Å²) in [6.07, 6.45) is 0. The molecule has 5 rings (SSSR count). The van der Waals surface area contributed by atoms with Crippen LogP contribution in [0.5, 0.6) is 0 Å². The Labute approximate surface area is 181 Å². The summed E-state index contributed by atoms with van der Waals surface area (Å²) < 4.78 is 1.89. The molecule has 0 aliphatic rings. The highest BCUT2D eigenvalue weighted by molar-refractivity contribution is 5.85. The normalized spacial score (nSPS) is 10.7. The van der Waals surface area contributed by atoms with Crippen molar-refractivity contribution in [3.63, 3.8) is 0 Å². The molecular formula is C22H14N10. The Kier molecular flexibility index (Phi) is 4.58. The maximum absolute atomic E-state index is 9.57. The summed E-state index contributed by atoms with van der Waals surface area (Å²) in [4.78, 5) is 4.50. The Bertz CT molecular complexity index is 1530. The van der Waals surface area contributed by atoms with Gasteiger partial charge in [-0.05, 0) is 28.8 Å². The van der Waals surface area contributed by atoms with E-state index in [1.54, 1.807) is 0 Å². The van der Waals surface area contributed by atoms with Crippen molar-refractivity contribution in [2.24, 2.45) is 0 Å². The first-order valence-corrected chi connectivity index (χ1v) is 9.66. The van der Waals surface area contributed by atoms with Gasteiger partial charge in [-0.25, -0.2) is 4.98 Å². The number of imidazole rings is 1. The van der Waals surface area contributed by atoms with Crippen molar-refractivity contribution in [3.8, 4) is 34.7 Å². The molecule has 0 bridgehead atoms. The van der Waals surface area contributed by atoms with Crippen LogP contribution in [0.3, 0.4) is 0 Å². The van der Waals surface area contributed by atoms with Crippen molar-refractivity contribution in [1.82, 2.24) is 40.4 Å². The molecule has 2 aromatic carbocycles. The second-order valence-electron chi connectivity index (χ2n) is 7.00. The van der Waals surface area contributed by atoms with Crippen LogP contribution in [0.25, 0.3) is 33.5 Å². The van der Waals surface area contributed by atoms with E-state index < -0.39 is 0 Å². The van der Waals surface area contributed by atoms with E-state index in [1.807, 2.05) is 66.1 Å². The third-order valence-electron chi connectivity index (χ3n) is 5.22. The summed E-state index contributed by atoms with van der Waals surface area (Å²) >= 11 is 0. The SMILES string of the molecule is Cc1nc2c(C#N)nnc(C#N)c2n1Cc1ccccc1-c1ccccc1-c1nn[nH]n1. The molecule has 10 nitrogen and oxygen atoms in total. The highest BCUT2D eigenvalue weighted by Crippen LogP contribution is 2.33. The topological polar surface area (TPSA) is 146 Å². The summed E-state index contributed by atoms with van der Waals surface area (Å²) in [5.41, 5.74) is 4.86. The standard InChI is InChI=1S/C22H14N10/c1-13-25-20-18(10-23)26-27-19(11-24)21(20)32(13)12-14-6-2-3-7-15(14)16-8-4-5-9-17(16)22-28-30-31-29-22/h2-9H,12H2,1H3,(H,28,29,30,31). The predicted molar refractivity (Wildman–Crippen MR) is 114 cm³/mol. The Hall–Kier alpha value is -4.96. The van der Waals surface area contributed by atoms with Crippen LogP contribution >= 0.6 is 0 Å². The molecule has 152 valence electrons. The molecule has 0 atom stereocenters. The molecule has 0 saturated heterocycles. The number of hydrogen-bond donors (Lipinski definition) is 1. The van der Waals surface area contributed by atoms with Crippen LogP contribution in [-0.2, 0) is 6.54 Å². The minimum atomic E-state index is 0.0941. The average molecular weight is 418 g/mol. The molecule has 0 amide bonds. The Morgan fingerprint density at radius 2 is 1.56 bits per heavy atom. The molecular weight excluding hydrogens is 404 g/mol. The van der Waals surface area contributed by atoms with E-state index in [-0.39, 0.29) is 11.4 Å². The van der Waals surface area contributed by atoms with Crippen molar-refractivity contribution in [3.05, 3.63) is 71.3 Å². The maximum Gasteiger partial charge on any atom is 0.205 e. The third-order valence-corrected chi connectivity index (χ3v) is 5.22. The number of hydrogen-bond acceptors (Lipinski definition) is 8. The maximum atomic E-state index is 9.57. The largest absolute Gasteiger partial charge is 0.321 e. The summed E-state index contributed by atoms with van der Waals surface area (Å²) in [6, 6.07) is 19.8. The second kappa shape index (κ2) is 7.70. The van der Waals surface area contributed by atoms with Gasteiger partial charge in [0.05, 0.1) is 6.54 Å². The summed E-state index contributed by atoms with van der Waals surface area (Å²) in [5, 5.41) is 41.2. The highest BCUT2D eigenvalue weighted by atomic mass is 15.5. The average Bonchev–Trinajstić information content (AvgIpc) is 3.48. The van der Waals surface area contributed by atoms with Crippen LogP contribution in [0.1, 0.15) is 22.8 Å². The van der Waals surface area contributed by atoms with Crippen LogP contribution < -0.4 is 0 Å². The lowest BCUT2D eigenvalue weighted by Crippen LogP contribution is -2.06. The van der Waals surface area contributed by atoms with Gasteiger partial charge < -0.3 is 4.57 Å². The number of nitrogens with one attached hydrogen (secondary N) is 1. The fourth-order valence-electron chi connectivity index (χ4n) is 3.79. The highest BCUT2D eigenvalue weighted by Gasteiger charge is 2.20. The predicted octanol–water partition coefficient (Wildman–Crippen LogP) is 2.77. The molecule has 0 spiro atoms. The van der Waals surface area contributed by atoms with Crippen molar-refractivity contribution in [1.29, 1.82) is 10.5 Å². The Morgan fingerprint density at radius 3 is 2.28 bits per heavy atom. The van der Waals surface area contributed by atoms with E-state index in [4.69, 9.17) is 0 Å². The van der Waals surface area contributed by atoms with E-state index >= 15 is 0 Å². The van der Waals surface area contributed by atoms with E-state index in [2.05, 4.69) is 41.9 Å². The summed E-state index contributed by atoms with van der Waals surface area (Å²) in [5.74, 6) is 1.16. The number of H-pyrrole nitrogens is 1. The van der Waals surface area contributed by atoms with Gasteiger partial charge in [0.15, 0.2) is 11.4 Å². The Balaban J connectivity index is 1.69. The van der Waals surface area contributed by atoms with Crippen LogP contribution in [0.2, 0.25) is 0 Å². The van der Waals surface area contributed by atoms with Crippen molar-refractivity contribution >= 4 is 11.0 Å². The monoisotopic (exact) mass is 418 g/mol. The molecule has 0 saturated carbocycles. The van der Waals surface area contributed by atoms with Crippen LogP contribution in [0.4, 0.5) is 0 Å². The molecule has 0 aliphatic heterocycles. The summed E-state index contributed by atoms with van der Waals surface area (Å²) in [7, 11) is 0. The van der Waals surface area contributed by atoms with Gasteiger partial charge in [-0.3, -0.25) is 0 Å². The van der Waals surface area contributed by atoms with E-state index in [0.29, 0.717) is 29.2 Å². The zero-order valence-electron chi connectivity index (χ0n) is 16.9. The number of aromatic amines is 1. The first kappa shape index (κ1) is 19.0. The molecule has 3 aromatic heterocycles. The molecule has 0 radical (unpaired) electrons. The number of rotatable bonds is 4. The van der Waals surface area contributed by atoms with Gasteiger partial charge in [-0.1, -0.05) is 48.5 Å². The molecule has 0 unspecified atom stereocenters. The molecule has 5 aromatic rings. The number of nitriles is 2. The third kappa shape index (κ3) is 3.04. The molecule has 1 N–H and O–H groups in total. The van der Waals surface area contributed by atoms with E-state index in [9.17, 15) is 10.5 Å². The molecule has 10 heteroatoms. The zero-order valence-corrected chi connectivity index (χ0v) is 16.9. The number of nitrogens with zero attached hydrogens (tertiary/aromatic N) is 9. The van der Waals surface area contributed by atoms with Gasteiger partial charge in [0.25, 0.3) is 0 Å². The number of aryl methyl sites for hydroxylation is 1. The molecule has 0 aliphatic carbocycles. The number of tetrazole rings is 1. The van der Waals surface area contributed by atoms with Crippen molar-refractivity contribution in [2.75, 3.05) is 0 Å². The fourth-order valence-corrected chi connectivity index (χ4v) is 3.79. The first-order valence-electron chi connectivity index (χ1n) is 9.66. The van der Waals surface area contributed by atoms with Gasteiger partial charge in [-0.2, -0.15) is 15.7 Å². The van der Waals surface area contributed by atoms with Gasteiger partial charge in [-0.15, -0.1) is 20.4 Å². The number of fused-ring (bicyclic) bond motifs is 1. The quantitative estimate of drug-likeness (QED) is 0.469. The minimum Gasteiger partial charge on any atom is -0.321 e.